The van der Waals surface area contributed by atoms with E-state index in [-0.39, 0.29) is 28.2 Å². The number of carbonyl (C=O) groups excluding carboxylic acids is 1. The molecule has 2 aromatic carbocycles. The van der Waals surface area contributed by atoms with E-state index in [0.717, 1.165) is 16.0 Å². The molecule has 1 aliphatic heterocycles. The van der Waals surface area contributed by atoms with Crippen LogP contribution in [0.2, 0.25) is 0 Å². The van der Waals surface area contributed by atoms with Gasteiger partial charge >= 0.3 is 6.18 Å². The molecule has 1 aliphatic rings. The number of ketones is 1. The van der Waals surface area contributed by atoms with Gasteiger partial charge in [-0.05, 0) is 59.9 Å². The lowest BCUT2D eigenvalue weighted by Gasteiger charge is -2.40. The van der Waals surface area contributed by atoms with Gasteiger partial charge in [0, 0.05) is 17.4 Å². The molecule has 1 atom stereocenters. The van der Waals surface area contributed by atoms with Gasteiger partial charge in [0.05, 0.1) is 5.69 Å². The van der Waals surface area contributed by atoms with E-state index in [1.165, 1.54) is 18.3 Å². The SMILES string of the molecule is Cc1ccnc(N2c3ccccc3C(=O)C2(Nc2ccc(C(C)(C)C)cc2)C(F)(F)F)c1. The van der Waals surface area contributed by atoms with Gasteiger partial charge in [-0.3, -0.25) is 9.69 Å². The van der Waals surface area contributed by atoms with Crippen molar-refractivity contribution < 1.29 is 18.0 Å². The molecule has 3 aromatic rings. The minimum absolute atomic E-state index is 0.00746. The van der Waals surface area contributed by atoms with Gasteiger partial charge in [0.2, 0.25) is 5.78 Å². The molecule has 0 amide bonds. The Balaban J connectivity index is 1.91. The molecular formula is C25H24F3N3O. The summed E-state index contributed by atoms with van der Waals surface area (Å²) in [5, 5.41) is 2.55. The number of Topliss-reactive ketones (excluding diaryl/α,β-unsaturated/α-hetero) is 1. The fraction of sp³-hybridized carbons (Fsp3) is 0.280. The molecule has 0 spiro atoms. The van der Waals surface area contributed by atoms with Crippen molar-refractivity contribution >= 4 is 23.0 Å². The van der Waals surface area contributed by atoms with Crippen molar-refractivity contribution in [2.45, 2.75) is 44.9 Å². The predicted molar refractivity (Wildman–Crippen MR) is 119 cm³/mol. The van der Waals surface area contributed by atoms with E-state index in [1.54, 1.807) is 55.5 Å². The minimum atomic E-state index is -4.95. The van der Waals surface area contributed by atoms with Gasteiger partial charge in [0.1, 0.15) is 5.82 Å². The average Bonchev–Trinajstić information content (AvgIpc) is 2.97. The highest BCUT2D eigenvalue weighted by Crippen LogP contribution is 2.51. The number of carbonyl (C=O) groups is 1. The number of aryl methyl sites for hydroxylation is 1. The van der Waals surface area contributed by atoms with E-state index in [4.69, 9.17) is 0 Å². The zero-order valence-corrected chi connectivity index (χ0v) is 18.3. The van der Waals surface area contributed by atoms with E-state index in [2.05, 4.69) is 10.3 Å². The number of pyridine rings is 1. The molecule has 1 N–H and O–H groups in total. The quantitative estimate of drug-likeness (QED) is 0.513. The van der Waals surface area contributed by atoms with Gasteiger partial charge in [-0.25, -0.2) is 4.98 Å². The summed E-state index contributed by atoms with van der Waals surface area (Å²) in [4.78, 5) is 18.6. The molecule has 0 radical (unpaired) electrons. The summed E-state index contributed by atoms with van der Waals surface area (Å²) in [5.74, 6) is -1.02. The summed E-state index contributed by atoms with van der Waals surface area (Å²) in [6.45, 7) is 7.83. The number of fused-ring (bicyclic) bond motifs is 1. The normalized spacial score (nSPS) is 18.6. The standard InChI is InChI=1S/C25H24F3N3O/c1-16-13-14-29-21(15-16)31-20-8-6-5-7-19(20)22(32)24(31,25(26,27)28)30-18-11-9-17(10-12-18)23(2,3)4/h5-15,30H,1-4H3. The molecule has 0 bridgehead atoms. The number of hydrogen-bond donors (Lipinski definition) is 1. The topological polar surface area (TPSA) is 45.2 Å². The molecule has 0 saturated heterocycles. The fourth-order valence-electron chi connectivity index (χ4n) is 3.98. The van der Waals surface area contributed by atoms with Gasteiger partial charge in [0.15, 0.2) is 0 Å². The van der Waals surface area contributed by atoms with E-state index in [0.29, 0.717) is 0 Å². The molecule has 1 aromatic heterocycles. The van der Waals surface area contributed by atoms with Crippen LogP contribution in [0.4, 0.5) is 30.4 Å². The lowest BCUT2D eigenvalue weighted by atomic mass is 9.87. The molecule has 7 heteroatoms. The Morgan fingerprint density at radius 3 is 2.22 bits per heavy atom. The summed E-state index contributed by atoms with van der Waals surface area (Å²) in [6, 6.07) is 16.0. The smallest absolute Gasteiger partial charge is 0.348 e. The van der Waals surface area contributed by atoms with Crippen molar-refractivity contribution in [2.75, 3.05) is 10.2 Å². The second kappa shape index (κ2) is 7.36. The lowest BCUT2D eigenvalue weighted by molar-refractivity contribution is -0.161. The zero-order chi connectivity index (χ0) is 23.3. The molecule has 4 rings (SSSR count). The molecular weight excluding hydrogens is 415 g/mol. The summed E-state index contributed by atoms with van der Waals surface area (Å²) in [6.07, 6.45) is -3.51. The number of halogens is 3. The fourth-order valence-corrected chi connectivity index (χ4v) is 3.98. The van der Waals surface area contributed by atoms with Crippen molar-refractivity contribution in [2.24, 2.45) is 0 Å². The van der Waals surface area contributed by atoms with Crippen molar-refractivity contribution in [3.63, 3.8) is 0 Å². The first-order valence-electron chi connectivity index (χ1n) is 10.3. The number of anilines is 3. The Morgan fingerprint density at radius 1 is 0.969 bits per heavy atom. The third kappa shape index (κ3) is 3.42. The van der Waals surface area contributed by atoms with E-state index in [9.17, 15) is 18.0 Å². The van der Waals surface area contributed by atoms with Crippen molar-refractivity contribution in [3.8, 4) is 0 Å². The number of nitrogens with one attached hydrogen (secondary N) is 1. The van der Waals surface area contributed by atoms with E-state index < -0.39 is 17.6 Å². The third-order valence-electron chi connectivity index (χ3n) is 5.67. The van der Waals surface area contributed by atoms with Gasteiger partial charge in [-0.1, -0.05) is 45.0 Å². The number of para-hydroxylation sites is 1. The highest BCUT2D eigenvalue weighted by atomic mass is 19.4. The predicted octanol–water partition coefficient (Wildman–Crippen LogP) is 6.39. The maximum atomic E-state index is 14.9. The molecule has 1 unspecified atom stereocenters. The largest absolute Gasteiger partial charge is 0.438 e. The first-order valence-corrected chi connectivity index (χ1v) is 10.3. The van der Waals surface area contributed by atoms with Crippen LogP contribution in [0.15, 0.2) is 66.9 Å². The van der Waals surface area contributed by atoms with Gasteiger partial charge in [-0.15, -0.1) is 0 Å². The van der Waals surface area contributed by atoms with Crippen molar-refractivity contribution in [1.29, 1.82) is 0 Å². The van der Waals surface area contributed by atoms with E-state index >= 15 is 0 Å². The summed E-state index contributed by atoms with van der Waals surface area (Å²) >= 11 is 0. The summed E-state index contributed by atoms with van der Waals surface area (Å²) < 4.78 is 44.6. The van der Waals surface area contributed by atoms with Crippen LogP contribution in [0, 0.1) is 6.92 Å². The van der Waals surface area contributed by atoms with Crippen LogP contribution in [-0.2, 0) is 5.41 Å². The molecule has 166 valence electrons. The van der Waals surface area contributed by atoms with Crippen molar-refractivity contribution in [3.05, 3.63) is 83.6 Å². The lowest BCUT2D eigenvalue weighted by Crippen LogP contribution is -2.65. The van der Waals surface area contributed by atoms with Crippen LogP contribution >= 0.6 is 0 Å². The monoisotopic (exact) mass is 439 g/mol. The molecule has 0 fully saturated rings. The Kier molecular flexibility index (Phi) is 5.03. The number of aromatic nitrogens is 1. The first kappa shape index (κ1) is 21.9. The number of hydrogen-bond acceptors (Lipinski definition) is 4. The van der Waals surface area contributed by atoms with Crippen LogP contribution in [0.5, 0.6) is 0 Å². The van der Waals surface area contributed by atoms with Gasteiger partial charge < -0.3 is 5.32 Å². The maximum Gasteiger partial charge on any atom is 0.438 e. The molecule has 0 saturated carbocycles. The minimum Gasteiger partial charge on any atom is -0.348 e. The Hall–Kier alpha value is -3.35. The number of rotatable bonds is 3. The highest BCUT2D eigenvalue weighted by molar-refractivity contribution is 6.17. The van der Waals surface area contributed by atoms with E-state index in [1.807, 2.05) is 20.8 Å². The Labute approximate surface area is 185 Å². The van der Waals surface area contributed by atoms with Gasteiger partial charge in [0.25, 0.3) is 5.66 Å². The van der Waals surface area contributed by atoms with Crippen LogP contribution in [0.1, 0.15) is 42.3 Å². The Bertz CT molecular complexity index is 1170. The molecule has 0 aliphatic carbocycles. The number of alkyl halides is 3. The molecule has 32 heavy (non-hydrogen) atoms. The maximum absolute atomic E-state index is 14.9. The molecule has 4 nitrogen and oxygen atoms in total. The number of benzene rings is 2. The van der Waals surface area contributed by atoms with Crippen LogP contribution in [-0.4, -0.2) is 22.6 Å². The zero-order valence-electron chi connectivity index (χ0n) is 18.3. The average molecular weight is 439 g/mol. The first-order chi connectivity index (χ1) is 14.9. The summed E-state index contributed by atoms with van der Waals surface area (Å²) in [7, 11) is 0. The molecule has 2 heterocycles. The van der Waals surface area contributed by atoms with Crippen molar-refractivity contribution in [1.82, 2.24) is 4.98 Å². The third-order valence-corrected chi connectivity index (χ3v) is 5.67. The van der Waals surface area contributed by atoms with Gasteiger partial charge in [-0.2, -0.15) is 13.2 Å². The van der Waals surface area contributed by atoms with Crippen LogP contribution in [0.3, 0.4) is 0 Å². The highest BCUT2D eigenvalue weighted by Gasteiger charge is 2.69. The second-order valence-corrected chi connectivity index (χ2v) is 9.03. The number of nitrogens with zero attached hydrogens (tertiary/aromatic N) is 2. The van der Waals surface area contributed by atoms with Crippen LogP contribution in [0.25, 0.3) is 0 Å². The van der Waals surface area contributed by atoms with Crippen LogP contribution < -0.4 is 10.2 Å². The summed E-state index contributed by atoms with van der Waals surface area (Å²) in [5.41, 5.74) is -1.13. The second-order valence-electron chi connectivity index (χ2n) is 9.03. The Morgan fingerprint density at radius 2 is 1.62 bits per heavy atom.